The number of esters is 1. The van der Waals surface area contributed by atoms with Gasteiger partial charge in [-0.15, -0.1) is 0 Å². The summed E-state index contributed by atoms with van der Waals surface area (Å²) in [6, 6.07) is 0. The maximum absolute atomic E-state index is 11.4. The lowest BCUT2D eigenvalue weighted by atomic mass is 9.89. The quantitative estimate of drug-likeness (QED) is 0.729. The first-order valence-corrected chi connectivity index (χ1v) is 7.85. The second-order valence-corrected chi connectivity index (χ2v) is 6.94. The van der Waals surface area contributed by atoms with E-state index in [-0.39, 0.29) is 18.4 Å². The van der Waals surface area contributed by atoms with Gasteiger partial charge in [-0.2, -0.15) is 0 Å². The van der Waals surface area contributed by atoms with Crippen molar-refractivity contribution in [3.05, 3.63) is 0 Å². The van der Waals surface area contributed by atoms with Crippen molar-refractivity contribution in [3.8, 4) is 0 Å². The number of sulfone groups is 1. The highest BCUT2D eigenvalue weighted by molar-refractivity contribution is 7.92. The van der Waals surface area contributed by atoms with Crippen molar-refractivity contribution < 1.29 is 17.9 Å². The number of hydrogen-bond donors (Lipinski definition) is 1. The molecule has 6 heteroatoms. The van der Waals surface area contributed by atoms with E-state index < -0.39 is 21.6 Å². The summed E-state index contributed by atoms with van der Waals surface area (Å²) >= 11 is 0. The van der Waals surface area contributed by atoms with Crippen molar-refractivity contribution in [1.29, 1.82) is 0 Å². The van der Waals surface area contributed by atoms with Crippen LogP contribution in [-0.2, 0) is 19.4 Å². The van der Waals surface area contributed by atoms with E-state index in [1.54, 1.807) is 0 Å². The third-order valence-corrected chi connectivity index (χ3v) is 4.56. The number of ether oxygens (including phenoxy) is 1. The fourth-order valence-corrected chi connectivity index (χ4v) is 2.93. The van der Waals surface area contributed by atoms with Crippen molar-refractivity contribution >= 4 is 15.8 Å². The molecule has 1 fully saturated rings. The highest BCUT2D eigenvalue weighted by Crippen LogP contribution is 2.25. The van der Waals surface area contributed by atoms with Gasteiger partial charge in [0.1, 0.15) is 11.9 Å². The Morgan fingerprint density at radius 3 is 2.41 bits per heavy atom. The van der Waals surface area contributed by atoms with Gasteiger partial charge in [-0.3, -0.25) is 4.79 Å². The number of carbonyl (C=O) groups is 1. The minimum Gasteiger partial charge on any atom is -0.462 e. The maximum Gasteiger partial charge on any atom is 0.321 e. The Kier molecular flexibility index (Phi) is 5.39. The zero-order valence-corrected chi connectivity index (χ0v) is 11.0. The Bertz CT molecular complexity index is 344. The van der Waals surface area contributed by atoms with Crippen molar-refractivity contribution in [2.45, 2.75) is 38.7 Å². The SMILES string of the molecule is CC1CCC(OC(=O)CS(=O)(=O)CCN)CC1. The summed E-state index contributed by atoms with van der Waals surface area (Å²) in [5.41, 5.74) is 5.16. The van der Waals surface area contributed by atoms with E-state index >= 15 is 0 Å². The van der Waals surface area contributed by atoms with Gasteiger partial charge in [0.25, 0.3) is 0 Å². The Morgan fingerprint density at radius 1 is 1.29 bits per heavy atom. The standard InChI is InChI=1S/C11H21NO4S/c1-9-2-4-10(5-3-9)16-11(13)8-17(14,15)7-6-12/h9-10H,2-8,12H2,1H3. The molecular formula is C11H21NO4S. The number of rotatable bonds is 5. The monoisotopic (exact) mass is 263 g/mol. The molecule has 5 nitrogen and oxygen atoms in total. The minimum atomic E-state index is -3.39. The van der Waals surface area contributed by atoms with Crippen LogP contribution >= 0.6 is 0 Å². The van der Waals surface area contributed by atoms with E-state index in [1.165, 1.54) is 0 Å². The van der Waals surface area contributed by atoms with Crippen LogP contribution < -0.4 is 5.73 Å². The smallest absolute Gasteiger partial charge is 0.321 e. The van der Waals surface area contributed by atoms with Crippen LogP contribution in [0.1, 0.15) is 32.6 Å². The summed E-state index contributed by atoms with van der Waals surface area (Å²) in [7, 11) is -3.39. The molecule has 100 valence electrons. The molecule has 0 aromatic heterocycles. The molecule has 0 saturated heterocycles. The molecule has 0 amide bonds. The highest BCUT2D eigenvalue weighted by Gasteiger charge is 2.24. The lowest BCUT2D eigenvalue weighted by Crippen LogP contribution is -2.29. The lowest BCUT2D eigenvalue weighted by molar-refractivity contribution is -0.147. The predicted octanol–water partition coefficient (Wildman–Crippen LogP) is 0.482. The molecule has 1 aliphatic rings. The number of carbonyl (C=O) groups excluding carboxylic acids is 1. The van der Waals surface area contributed by atoms with Crippen molar-refractivity contribution in [2.24, 2.45) is 11.7 Å². The summed E-state index contributed by atoms with van der Waals surface area (Å²) in [5, 5.41) is 0. The molecular weight excluding hydrogens is 242 g/mol. The molecule has 1 aliphatic carbocycles. The molecule has 0 radical (unpaired) electrons. The Balaban J connectivity index is 2.35. The molecule has 2 N–H and O–H groups in total. The molecule has 0 aromatic carbocycles. The number of nitrogens with two attached hydrogens (primary N) is 1. The summed E-state index contributed by atoms with van der Waals surface area (Å²) in [6.07, 6.45) is 3.64. The van der Waals surface area contributed by atoms with Crippen LogP contribution in [0.4, 0.5) is 0 Å². The Labute approximate surface area is 103 Å². The molecule has 0 aliphatic heterocycles. The minimum absolute atomic E-state index is 0.0383. The van der Waals surface area contributed by atoms with Gasteiger partial charge in [0.05, 0.1) is 5.75 Å². The van der Waals surface area contributed by atoms with Crippen LogP contribution in [0.3, 0.4) is 0 Å². The van der Waals surface area contributed by atoms with Crippen molar-refractivity contribution in [2.75, 3.05) is 18.1 Å². The van der Waals surface area contributed by atoms with Gasteiger partial charge in [-0.25, -0.2) is 8.42 Å². The molecule has 0 unspecified atom stereocenters. The third-order valence-electron chi connectivity index (χ3n) is 3.03. The van der Waals surface area contributed by atoms with E-state index in [9.17, 15) is 13.2 Å². The first-order valence-electron chi connectivity index (χ1n) is 6.03. The summed E-state index contributed by atoms with van der Waals surface area (Å²) in [4.78, 5) is 11.4. The summed E-state index contributed by atoms with van der Waals surface area (Å²) in [5.74, 6) is -0.677. The molecule has 0 heterocycles. The number of hydrogen-bond acceptors (Lipinski definition) is 5. The first kappa shape index (κ1) is 14.4. The zero-order chi connectivity index (χ0) is 12.9. The van der Waals surface area contributed by atoms with Gasteiger partial charge < -0.3 is 10.5 Å². The van der Waals surface area contributed by atoms with E-state index in [4.69, 9.17) is 10.5 Å². The van der Waals surface area contributed by atoms with Gasteiger partial charge in [0.2, 0.25) is 0 Å². The van der Waals surface area contributed by atoms with Crippen LogP contribution in [0.25, 0.3) is 0 Å². The molecule has 0 aromatic rings. The average molecular weight is 263 g/mol. The van der Waals surface area contributed by atoms with Gasteiger partial charge in [0, 0.05) is 6.54 Å². The van der Waals surface area contributed by atoms with Crippen LogP contribution in [0, 0.1) is 5.92 Å². The molecule has 17 heavy (non-hydrogen) atoms. The van der Waals surface area contributed by atoms with Crippen LogP contribution in [-0.4, -0.2) is 38.5 Å². The molecule has 1 rings (SSSR count). The Morgan fingerprint density at radius 2 is 1.88 bits per heavy atom. The first-order chi connectivity index (χ1) is 7.93. The van der Waals surface area contributed by atoms with Crippen LogP contribution in [0.15, 0.2) is 0 Å². The summed E-state index contributed by atoms with van der Waals surface area (Å²) < 4.78 is 27.9. The molecule has 0 bridgehead atoms. The fraction of sp³-hybridized carbons (Fsp3) is 0.909. The fourth-order valence-electron chi connectivity index (χ4n) is 2.00. The van der Waals surface area contributed by atoms with Crippen molar-refractivity contribution in [1.82, 2.24) is 0 Å². The third kappa shape index (κ3) is 5.50. The highest BCUT2D eigenvalue weighted by atomic mass is 32.2. The zero-order valence-electron chi connectivity index (χ0n) is 10.2. The molecule has 0 atom stereocenters. The van der Waals surface area contributed by atoms with Gasteiger partial charge in [-0.05, 0) is 31.6 Å². The average Bonchev–Trinajstić information content (AvgIpc) is 2.20. The van der Waals surface area contributed by atoms with Gasteiger partial charge in [0.15, 0.2) is 9.84 Å². The largest absolute Gasteiger partial charge is 0.462 e. The Hall–Kier alpha value is -0.620. The van der Waals surface area contributed by atoms with E-state index in [0.717, 1.165) is 25.7 Å². The molecule has 0 spiro atoms. The maximum atomic E-state index is 11.4. The van der Waals surface area contributed by atoms with E-state index in [0.29, 0.717) is 5.92 Å². The van der Waals surface area contributed by atoms with Crippen LogP contribution in [0.2, 0.25) is 0 Å². The predicted molar refractivity (Wildman–Crippen MR) is 65.2 cm³/mol. The second-order valence-electron chi connectivity index (χ2n) is 4.75. The van der Waals surface area contributed by atoms with Gasteiger partial charge >= 0.3 is 5.97 Å². The van der Waals surface area contributed by atoms with Crippen molar-refractivity contribution in [3.63, 3.8) is 0 Å². The molecule has 1 saturated carbocycles. The summed E-state index contributed by atoms with van der Waals surface area (Å²) in [6.45, 7) is 2.21. The topological polar surface area (TPSA) is 86.5 Å². The lowest BCUT2D eigenvalue weighted by Gasteiger charge is -2.25. The normalized spacial score (nSPS) is 25.5. The van der Waals surface area contributed by atoms with E-state index in [1.807, 2.05) is 0 Å². The second kappa shape index (κ2) is 6.35. The van der Waals surface area contributed by atoms with E-state index in [2.05, 4.69) is 6.92 Å². The van der Waals surface area contributed by atoms with Gasteiger partial charge in [-0.1, -0.05) is 6.92 Å². The van der Waals surface area contributed by atoms with Crippen LogP contribution in [0.5, 0.6) is 0 Å².